The number of unbranched alkanes of at least 4 members (excludes halogenated alkanes) is 1. The van der Waals surface area contributed by atoms with Gasteiger partial charge in [0.25, 0.3) is 0 Å². The molecule has 0 aromatic heterocycles. The standard InChI is InChI=1S/C10H18N4O3/c1-7(9(16)17)6-8(15)13-4-2-3-5-14-10(11)12/h6H,2-5H2,1H3,(H,13,15)(H,16,17)(H4,11,12,14)/b7-6-. The van der Waals surface area contributed by atoms with Crippen LogP contribution < -0.4 is 16.8 Å². The van der Waals surface area contributed by atoms with Crippen LogP contribution in [0.5, 0.6) is 0 Å². The molecule has 7 heteroatoms. The lowest BCUT2D eigenvalue weighted by Gasteiger charge is -2.01. The van der Waals surface area contributed by atoms with E-state index in [4.69, 9.17) is 16.6 Å². The Morgan fingerprint density at radius 2 is 2.00 bits per heavy atom. The maximum Gasteiger partial charge on any atom is 0.331 e. The SMILES string of the molecule is C/C(=C/C(=O)NCCCCN=C(N)N)C(=O)O. The number of hydrogen-bond donors (Lipinski definition) is 4. The molecule has 0 aromatic carbocycles. The van der Waals surface area contributed by atoms with Crippen LogP contribution in [-0.2, 0) is 9.59 Å². The molecule has 6 N–H and O–H groups in total. The van der Waals surface area contributed by atoms with Gasteiger partial charge in [-0.1, -0.05) is 0 Å². The van der Waals surface area contributed by atoms with Gasteiger partial charge in [-0.25, -0.2) is 4.79 Å². The highest BCUT2D eigenvalue weighted by atomic mass is 16.4. The van der Waals surface area contributed by atoms with E-state index in [1.807, 2.05) is 0 Å². The number of nitrogens with one attached hydrogen (secondary N) is 1. The molecule has 0 aromatic rings. The van der Waals surface area contributed by atoms with E-state index >= 15 is 0 Å². The van der Waals surface area contributed by atoms with Crippen molar-refractivity contribution in [2.45, 2.75) is 19.8 Å². The molecule has 0 bridgehead atoms. The van der Waals surface area contributed by atoms with Crippen LogP contribution in [0.25, 0.3) is 0 Å². The Kier molecular flexibility index (Phi) is 7.16. The molecular weight excluding hydrogens is 224 g/mol. The zero-order chi connectivity index (χ0) is 13.3. The fourth-order valence-electron chi connectivity index (χ4n) is 0.966. The molecular formula is C10H18N4O3. The van der Waals surface area contributed by atoms with Gasteiger partial charge in [0, 0.05) is 24.7 Å². The molecule has 0 aliphatic heterocycles. The molecule has 17 heavy (non-hydrogen) atoms. The maximum atomic E-state index is 11.2. The third-order valence-electron chi connectivity index (χ3n) is 1.86. The Balaban J connectivity index is 3.69. The summed E-state index contributed by atoms with van der Waals surface area (Å²) in [5.74, 6) is -1.46. The molecule has 96 valence electrons. The van der Waals surface area contributed by atoms with Crippen LogP contribution >= 0.6 is 0 Å². The summed E-state index contributed by atoms with van der Waals surface area (Å²) in [6.45, 7) is 2.34. The molecule has 0 rings (SSSR count). The maximum absolute atomic E-state index is 11.2. The molecule has 0 saturated carbocycles. The van der Waals surface area contributed by atoms with Crippen molar-refractivity contribution in [3.05, 3.63) is 11.6 Å². The van der Waals surface area contributed by atoms with Crippen LogP contribution in [0, 0.1) is 0 Å². The van der Waals surface area contributed by atoms with Crippen LogP contribution in [-0.4, -0.2) is 36.0 Å². The van der Waals surface area contributed by atoms with Crippen molar-refractivity contribution in [2.75, 3.05) is 13.1 Å². The molecule has 0 aliphatic rings. The van der Waals surface area contributed by atoms with Crippen LogP contribution in [0.4, 0.5) is 0 Å². The van der Waals surface area contributed by atoms with E-state index in [2.05, 4.69) is 10.3 Å². The fraction of sp³-hybridized carbons (Fsp3) is 0.500. The van der Waals surface area contributed by atoms with Crippen molar-refractivity contribution in [1.82, 2.24) is 5.32 Å². The summed E-state index contributed by atoms with van der Waals surface area (Å²) in [7, 11) is 0. The Bertz CT molecular complexity index is 332. The number of guanidine groups is 1. The molecule has 1 amide bonds. The van der Waals surface area contributed by atoms with E-state index in [1.54, 1.807) is 0 Å². The summed E-state index contributed by atoms with van der Waals surface area (Å²) in [5.41, 5.74) is 10.3. The minimum absolute atomic E-state index is 0.00278. The lowest BCUT2D eigenvalue weighted by atomic mass is 10.2. The number of carbonyl (C=O) groups is 2. The van der Waals surface area contributed by atoms with Crippen LogP contribution in [0.2, 0.25) is 0 Å². The van der Waals surface area contributed by atoms with Gasteiger partial charge in [-0.05, 0) is 19.8 Å². The van der Waals surface area contributed by atoms with Gasteiger partial charge in [0.1, 0.15) is 0 Å². The highest BCUT2D eigenvalue weighted by Crippen LogP contribution is 1.92. The van der Waals surface area contributed by atoms with E-state index in [1.165, 1.54) is 6.92 Å². The van der Waals surface area contributed by atoms with Gasteiger partial charge in [0.05, 0.1) is 0 Å². The highest BCUT2D eigenvalue weighted by Gasteiger charge is 2.03. The molecule has 7 nitrogen and oxygen atoms in total. The number of rotatable bonds is 7. The van der Waals surface area contributed by atoms with Crippen molar-refractivity contribution in [1.29, 1.82) is 0 Å². The molecule has 0 spiro atoms. The number of aliphatic carboxylic acids is 1. The minimum atomic E-state index is -1.10. The number of carboxylic acid groups (broad SMARTS) is 1. The van der Waals surface area contributed by atoms with Gasteiger partial charge < -0.3 is 21.9 Å². The van der Waals surface area contributed by atoms with Gasteiger partial charge in [-0.15, -0.1) is 0 Å². The molecule has 0 saturated heterocycles. The zero-order valence-electron chi connectivity index (χ0n) is 9.77. The third kappa shape index (κ3) is 8.91. The van der Waals surface area contributed by atoms with Crippen LogP contribution in [0.15, 0.2) is 16.6 Å². The summed E-state index contributed by atoms with van der Waals surface area (Å²) in [4.78, 5) is 25.4. The largest absolute Gasteiger partial charge is 0.478 e. The summed E-state index contributed by atoms with van der Waals surface area (Å²) >= 11 is 0. The van der Waals surface area contributed by atoms with E-state index in [0.29, 0.717) is 13.1 Å². The average Bonchev–Trinajstić information content (AvgIpc) is 2.22. The second-order valence-corrected chi connectivity index (χ2v) is 3.44. The number of amides is 1. The molecule has 0 atom stereocenters. The van der Waals surface area contributed by atoms with Gasteiger partial charge in [0.2, 0.25) is 5.91 Å². The summed E-state index contributed by atoms with van der Waals surface area (Å²) in [5, 5.41) is 11.1. The van der Waals surface area contributed by atoms with Gasteiger partial charge in [0.15, 0.2) is 5.96 Å². The monoisotopic (exact) mass is 242 g/mol. The lowest BCUT2D eigenvalue weighted by molar-refractivity contribution is -0.133. The van der Waals surface area contributed by atoms with Crippen molar-refractivity contribution in [2.24, 2.45) is 16.5 Å². The normalized spacial score (nSPS) is 10.8. The van der Waals surface area contributed by atoms with Gasteiger partial charge in [-0.3, -0.25) is 9.79 Å². The Hall–Kier alpha value is -2.05. The second-order valence-electron chi connectivity index (χ2n) is 3.44. The summed E-state index contributed by atoms with van der Waals surface area (Å²) in [6.07, 6.45) is 2.53. The van der Waals surface area contributed by atoms with Crippen LogP contribution in [0.1, 0.15) is 19.8 Å². The van der Waals surface area contributed by atoms with E-state index in [0.717, 1.165) is 18.9 Å². The average molecular weight is 242 g/mol. The molecule has 0 radical (unpaired) electrons. The Labute approximate surface area is 99.6 Å². The van der Waals surface area contributed by atoms with Crippen molar-refractivity contribution >= 4 is 17.8 Å². The fourth-order valence-corrected chi connectivity index (χ4v) is 0.966. The second kappa shape index (κ2) is 8.14. The number of carboxylic acids is 1. The zero-order valence-corrected chi connectivity index (χ0v) is 9.77. The number of hydrogen-bond acceptors (Lipinski definition) is 3. The number of nitrogens with zero attached hydrogens (tertiary/aromatic N) is 1. The van der Waals surface area contributed by atoms with Crippen molar-refractivity contribution in [3.63, 3.8) is 0 Å². The topological polar surface area (TPSA) is 131 Å². The quantitative estimate of drug-likeness (QED) is 0.201. The van der Waals surface area contributed by atoms with Crippen molar-refractivity contribution < 1.29 is 14.7 Å². The third-order valence-corrected chi connectivity index (χ3v) is 1.86. The number of carbonyl (C=O) groups excluding carboxylic acids is 1. The number of nitrogens with two attached hydrogens (primary N) is 2. The van der Waals surface area contributed by atoms with E-state index in [-0.39, 0.29) is 11.5 Å². The first kappa shape index (κ1) is 14.9. The van der Waals surface area contributed by atoms with Gasteiger partial charge >= 0.3 is 5.97 Å². The number of aliphatic imine (C=N–C) groups is 1. The smallest absolute Gasteiger partial charge is 0.331 e. The Morgan fingerprint density at radius 1 is 1.35 bits per heavy atom. The predicted octanol–water partition coefficient (Wildman–Crippen LogP) is -0.813. The summed E-state index contributed by atoms with van der Waals surface area (Å²) < 4.78 is 0. The molecule has 0 fully saturated rings. The van der Waals surface area contributed by atoms with E-state index < -0.39 is 11.9 Å². The molecule has 0 unspecified atom stereocenters. The molecule has 0 heterocycles. The highest BCUT2D eigenvalue weighted by molar-refractivity contribution is 5.97. The lowest BCUT2D eigenvalue weighted by Crippen LogP contribution is -2.24. The Morgan fingerprint density at radius 3 is 2.53 bits per heavy atom. The summed E-state index contributed by atoms with van der Waals surface area (Å²) in [6, 6.07) is 0. The first-order chi connectivity index (χ1) is 7.93. The van der Waals surface area contributed by atoms with E-state index in [9.17, 15) is 9.59 Å². The first-order valence-corrected chi connectivity index (χ1v) is 5.18. The molecule has 0 aliphatic carbocycles. The van der Waals surface area contributed by atoms with Crippen molar-refractivity contribution in [3.8, 4) is 0 Å². The first-order valence-electron chi connectivity index (χ1n) is 5.18. The predicted molar refractivity (Wildman–Crippen MR) is 64.3 cm³/mol. The minimum Gasteiger partial charge on any atom is -0.478 e. The van der Waals surface area contributed by atoms with Crippen LogP contribution in [0.3, 0.4) is 0 Å². The van der Waals surface area contributed by atoms with Gasteiger partial charge in [-0.2, -0.15) is 0 Å².